The lowest BCUT2D eigenvalue weighted by Crippen LogP contribution is -2.51. The summed E-state index contributed by atoms with van der Waals surface area (Å²) in [5.41, 5.74) is 2.80. The van der Waals surface area contributed by atoms with Gasteiger partial charge in [-0.1, -0.05) is 85.6 Å². The van der Waals surface area contributed by atoms with Crippen molar-refractivity contribution < 1.29 is 14.3 Å². The number of rotatable bonds is 13. The average Bonchev–Trinajstić information content (AvgIpc) is 2.91. The van der Waals surface area contributed by atoms with Crippen LogP contribution in [0.2, 0.25) is 10.0 Å². The summed E-state index contributed by atoms with van der Waals surface area (Å²) < 4.78 is 5.22. The number of nitrogens with one attached hydrogen (secondary N) is 1. The van der Waals surface area contributed by atoms with Crippen molar-refractivity contribution in [3.63, 3.8) is 0 Å². The van der Waals surface area contributed by atoms with Crippen molar-refractivity contribution >= 4 is 46.8 Å². The van der Waals surface area contributed by atoms with Crippen molar-refractivity contribution in [3.8, 4) is 5.75 Å². The monoisotopic (exact) mass is 572 g/mol. The number of hydrogen-bond acceptors (Lipinski definition) is 4. The molecule has 0 radical (unpaired) electrons. The minimum absolute atomic E-state index is 0.129. The first-order valence-electron chi connectivity index (χ1n) is 12.5. The fraction of sp³-hybridized carbons (Fsp3) is 0.333. The van der Waals surface area contributed by atoms with Gasteiger partial charge in [-0.2, -0.15) is 0 Å². The van der Waals surface area contributed by atoms with Crippen molar-refractivity contribution in [1.82, 2.24) is 10.2 Å². The maximum atomic E-state index is 13.7. The van der Waals surface area contributed by atoms with Gasteiger partial charge in [0, 0.05) is 35.3 Å². The van der Waals surface area contributed by atoms with E-state index in [-0.39, 0.29) is 30.0 Å². The summed E-state index contributed by atoms with van der Waals surface area (Å²) in [6, 6.07) is 22.0. The van der Waals surface area contributed by atoms with E-state index in [9.17, 15) is 9.59 Å². The molecule has 1 atom stereocenters. The van der Waals surface area contributed by atoms with Crippen LogP contribution in [0.15, 0.2) is 72.8 Å². The Balaban J connectivity index is 1.85. The lowest BCUT2D eigenvalue weighted by Gasteiger charge is -2.32. The molecule has 8 heteroatoms. The molecule has 3 aromatic carbocycles. The fourth-order valence-electron chi connectivity index (χ4n) is 3.87. The normalized spacial score (nSPS) is 11.7. The van der Waals surface area contributed by atoms with Gasteiger partial charge >= 0.3 is 0 Å². The van der Waals surface area contributed by atoms with Crippen LogP contribution in [-0.4, -0.2) is 42.2 Å². The third-order valence-electron chi connectivity index (χ3n) is 5.96. The number of halogens is 2. The van der Waals surface area contributed by atoms with E-state index >= 15 is 0 Å². The van der Waals surface area contributed by atoms with Crippen molar-refractivity contribution in [2.24, 2.45) is 5.92 Å². The number of methoxy groups -OCH3 is 1. The molecule has 2 amide bonds. The molecule has 0 unspecified atom stereocenters. The van der Waals surface area contributed by atoms with Crippen LogP contribution >= 0.6 is 35.0 Å². The summed E-state index contributed by atoms with van der Waals surface area (Å²) >= 11 is 14.1. The number of benzene rings is 3. The Kier molecular flexibility index (Phi) is 11.8. The summed E-state index contributed by atoms with van der Waals surface area (Å²) in [4.78, 5) is 28.9. The second-order valence-electron chi connectivity index (χ2n) is 9.44. The van der Waals surface area contributed by atoms with Gasteiger partial charge in [-0.25, -0.2) is 0 Å². The largest absolute Gasteiger partial charge is 0.497 e. The zero-order valence-electron chi connectivity index (χ0n) is 22.0. The minimum Gasteiger partial charge on any atom is -0.497 e. The van der Waals surface area contributed by atoms with Gasteiger partial charge in [-0.3, -0.25) is 9.59 Å². The van der Waals surface area contributed by atoms with E-state index in [1.165, 1.54) is 11.8 Å². The molecular formula is C30H34Cl2N2O3S. The zero-order chi connectivity index (χ0) is 27.5. The van der Waals surface area contributed by atoms with Gasteiger partial charge in [0.1, 0.15) is 11.8 Å². The highest BCUT2D eigenvalue weighted by atomic mass is 35.5. The number of amides is 2. The van der Waals surface area contributed by atoms with Gasteiger partial charge in [0.05, 0.1) is 12.9 Å². The van der Waals surface area contributed by atoms with Crippen LogP contribution in [0.3, 0.4) is 0 Å². The van der Waals surface area contributed by atoms with Crippen LogP contribution in [0, 0.1) is 5.92 Å². The third kappa shape index (κ3) is 9.26. The predicted octanol–water partition coefficient (Wildman–Crippen LogP) is 6.65. The highest BCUT2D eigenvalue weighted by Gasteiger charge is 2.30. The Morgan fingerprint density at radius 1 is 0.974 bits per heavy atom. The van der Waals surface area contributed by atoms with E-state index in [0.29, 0.717) is 28.8 Å². The first-order chi connectivity index (χ1) is 18.3. The molecule has 0 saturated heterocycles. The summed E-state index contributed by atoms with van der Waals surface area (Å²) in [7, 11) is 1.63. The SMILES string of the molecule is COc1ccc(CSCC(=O)N(Cc2ccc(Cl)cc2Cl)[C@@H](Cc2ccccc2)C(=O)NCC(C)C)cc1. The lowest BCUT2D eigenvalue weighted by atomic mass is 10.0. The Morgan fingerprint density at radius 3 is 2.32 bits per heavy atom. The molecule has 0 aliphatic heterocycles. The first kappa shape index (κ1) is 29.9. The molecule has 0 aliphatic rings. The van der Waals surface area contributed by atoms with Crippen molar-refractivity contribution in [1.29, 1.82) is 0 Å². The molecular weight excluding hydrogens is 539 g/mol. The van der Waals surface area contributed by atoms with Gasteiger partial charge in [0.2, 0.25) is 11.8 Å². The molecule has 0 aliphatic carbocycles. The van der Waals surface area contributed by atoms with Crippen LogP contribution in [0.5, 0.6) is 5.75 Å². The van der Waals surface area contributed by atoms with Crippen molar-refractivity contribution in [2.45, 2.75) is 38.6 Å². The standard InChI is InChI=1S/C30H34Cl2N2O3S/c1-21(2)17-33-30(36)28(15-22-7-5-4-6-8-22)34(18-24-11-12-25(31)16-27(24)32)29(35)20-38-19-23-9-13-26(37-3)14-10-23/h4-14,16,21,28H,15,17-20H2,1-3H3,(H,33,36)/t28-/m0/s1. The minimum atomic E-state index is -0.697. The van der Waals surface area contributed by atoms with Gasteiger partial charge in [0.25, 0.3) is 0 Å². The molecule has 0 spiro atoms. The predicted molar refractivity (Wildman–Crippen MR) is 158 cm³/mol. The van der Waals surface area contributed by atoms with E-state index < -0.39 is 6.04 Å². The van der Waals surface area contributed by atoms with Crippen molar-refractivity contribution in [3.05, 3.63) is 99.5 Å². The van der Waals surface area contributed by atoms with Crippen LogP contribution < -0.4 is 10.1 Å². The molecule has 0 bridgehead atoms. The Morgan fingerprint density at radius 2 is 1.68 bits per heavy atom. The first-order valence-corrected chi connectivity index (χ1v) is 14.4. The van der Waals surface area contributed by atoms with E-state index in [1.807, 2.05) is 68.4 Å². The number of ether oxygens (including phenoxy) is 1. The highest BCUT2D eigenvalue weighted by Crippen LogP contribution is 2.25. The Hall–Kier alpha value is -2.67. The van der Waals surface area contributed by atoms with Gasteiger partial charge in [-0.05, 0) is 46.9 Å². The van der Waals surface area contributed by atoms with Crippen LogP contribution in [0.4, 0.5) is 0 Å². The van der Waals surface area contributed by atoms with Crippen LogP contribution in [0.1, 0.15) is 30.5 Å². The smallest absolute Gasteiger partial charge is 0.243 e. The average molecular weight is 574 g/mol. The zero-order valence-corrected chi connectivity index (χ0v) is 24.3. The van der Waals surface area contributed by atoms with E-state index in [1.54, 1.807) is 30.2 Å². The quantitative estimate of drug-likeness (QED) is 0.249. The molecule has 0 fully saturated rings. The summed E-state index contributed by atoms with van der Waals surface area (Å²) in [6.45, 7) is 4.81. The number of thioether (sulfide) groups is 1. The number of hydrogen-bond donors (Lipinski definition) is 1. The summed E-state index contributed by atoms with van der Waals surface area (Å²) in [5.74, 6) is 1.65. The van der Waals surface area contributed by atoms with E-state index in [4.69, 9.17) is 27.9 Å². The number of carbonyl (C=O) groups excluding carboxylic acids is 2. The van der Waals surface area contributed by atoms with Crippen LogP contribution in [0.25, 0.3) is 0 Å². The number of nitrogens with zero attached hydrogens (tertiary/aromatic N) is 1. The molecule has 3 rings (SSSR count). The maximum absolute atomic E-state index is 13.7. The highest BCUT2D eigenvalue weighted by molar-refractivity contribution is 7.99. The maximum Gasteiger partial charge on any atom is 0.243 e. The van der Waals surface area contributed by atoms with Crippen LogP contribution in [-0.2, 0) is 28.3 Å². The molecule has 0 saturated carbocycles. The Bertz CT molecular complexity index is 1190. The Labute approximate surface area is 239 Å². The van der Waals surface area contributed by atoms with E-state index in [0.717, 1.165) is 22.4 Å². The molecule has 0 heterocycles. The molecule has 3 aromatic rings. The second-order valence-corrected chi connectivity index (χ2v) is 11.3. The van der Waals surface area contributed by atoms with Gasteiger partial charge in [0.15, 0.2) is 0 Å². The summed E-state index contributed by atoms with van der Waals surface area (Å²) in [6.07, 6.45) is 0.394. The molecule has 1 N–H and O–H groups in total. The molecule has 0 aromatic heterocycles. The van der Waals surface area contributed by atoms with Crippen molar-refractivity contribution in [2.75, 3.05) is 19.4 Å². The molecule has 202 valence electrons. The third-order valence-corrected chi connectivity index (χ3v) is 7.54. The summed E-state index contributed by atoms with van der Waals surface area (Å²) in [5, 5.41) is 4.01. The topological polar surface area (TPSA) is 58.6 Å². The van der Waals surface area contributed by atoms with Gasteiger partial charge in [-0.15, -0.1) is 11.8 Å². The molecule has 5 nitrogen and oxygen atoms in total. The van der Waals surface area contributed by atoms with E-state index in [2.05, 4.69) is 5.32 Å². The molecule has 38 heavy (non-hydrogen) atoms. The second kappa shape index (κ2) is 15.1. The number of carbonyl (C=O) groups is 2. The van der Waals surface area contributed by atoms with Gasteiger partial charge < -0.3 is 15.0 Å². The lowest BCUT2D eigenvalue weighted by molar-refractivity contribution is -0.139. The fourth-order valence-corrected chi connectivity index (χ4v) is 5.21.